The summed E-state index contributed by atoms with van der Waals surface area (Å²) in [6, 6.07) is 38.7. The second-order valence-electron chi connectivity index (χ2n) is 21.0. The number of benzene rings is 6. The minimum atomic E-state index is -1.06. The summed E-state index contributed by atoms with van der Waals surface area (Å²) in [6.07, 6.45) is 18.8. The lowest BCUT2D eigenvalue weighted by Crippen LogP contribution is -2.37. The smallest absolute Gasteiger partial charge is 0.344 e. The topological polar surface area (TPSA) is 104 Å². The largest absolute Gasteiger partial charge is 0.472 e. The Labute approximate surface area is 436 Å². The van der Waals surface area contributed by atoms with Gasteiger partial charge in [0.15, 0.2) is 11.4 Å². The summed E-state index contributed by atoms with van der Waals surface area (Å²) in [4.78, 5) is 45.7. The first-order valence-corrected chi connectivity index (χ1v) is 27.0. The number of nitrogens with zero attached hydrogens (tertiary/aromatic N) is 2. The number of carbonyl (C=O) groups is 3. The van der Waals surface area contributed by atoms with Crippen LogP contribution in [0.25, 0.3) is 28.0 Å². The van der Waals surface area contributed by atoms with Gasteiger partial charge in [-0.2, -0.15) is 0 Å². The Bertz CT molecular complexity index is 2960. The van der Waals surface area contributed by atoms with Gasteiger partial charge in [-0.3, -0.25) is 4.79 Å². The van der Waals surface area contributed by atoms with Crippen molar-refractivity contribution >= 4 is 46.1 Å². The molecule has 10 heteroatoms. The number of carbonyl (C=O) groups excluding carboxylic acids is 3. The molecule has 1 atom stereocenters. The van der Waals surface area contributed by atoms with Crippen LogP contribution in [-0.2, 0) is 19.9 Å². The third-order valence-electron chi connectivity index (χ3n) is 16.3. The van der Waals surface area contributed by atoms with Crippen molar-refractivity contribution in [2.24, 2.45) is 23.7 Å². The molecule has 0 bridgehead atoms. The van der Waals surface area contributed by atoms with E-state index in [1.807, 2.05) is 97.9 Å². The molecule has 0 radical (unpaired) electrons. The minimum Gasteiger partial charge on any atom is -0.472 e. The Morgan fingerprint density at radius 3 is 2.07 bits per heavy atom. The second kappa shape index (κ2) is 22.7. The molecule has 2 saturated carbocycles. The van der Waals surface area contributed by atoms with Crippen LogP contribution < -0.4 is 24.0 Å². The molecule has 6 aromatic carbocycles. The first kappa shape index (κ1) is 50.6. The molecule has 2 heterocycles. The van der Waals surface area contributed by atoms with Crippen molar-refractivity contribution < 1.29 is 38.1 Å². The van der Waals surface area contributed by atoms with Crippen LogP contribution in [-0.4, -0.2) is 65.4 Å². The van der Waals surface area contributed by atoms with Gasteiger partial charge in [-0.1, -0.05) is 118 Å². The third-order valence-corrected chi connectivity index (χ3v) is 16.3. The molecule has 10 nitrogen and oxygen atoms in total. The van der Waals surface area contributed by atoms with E-state index < -0.39 is 17.5 Å². The molecule has 0 N–H and O–H groups in total. The van der Waals surface area contributed by atoms with Crippen molar-refractivity contribution in [3.63, 3.8) is 0 Å². The number of methoxy groups -OCH3 is 1. The number of esters is 3. The summed E-state index contributed by atoms with van der Waals surface area (Å²) in [5.74, 6) is 2.44. The van der Waals surface area contributed by atoms with E-state index in [1.54, 1.807) is 30.3 Å². The molecule has 6 aromatic rings. The standard InChI is InChI=1S/C64H70N2O8/c1-5-6-8-13-43-18-20-44(21-19-43)45-22-24-47(25-23-45)61(67)72-52-32-26-46(27-33-52)53-16-11-12-17-55(53)63(69)73-59-41-48-40-57(62(68)70-4)54-34-35-64(49-14-9-7-10-15-49,74-60(54)56(48)42-58(59)65(2)3)50-28-30-51(31-29-50)66-36-38-71-39-37-66/h7,9-12,14-17,26-35,40-45,47H,5-6,8,13,18-25,36-39H2,1-4H3. The maximum Gasteiger partial charge on any atom is 0.344 e. The van der Waals surface area contributed by atoms with E-state index in [0.29, 0.717) is 63.8 Å². The van der Waals surface area contributed by atoms with Gasteiger partial charge in [-0.25, -0.2) is 9.59 Å². The number of anilines is 2. The lowest BCUT2D eigenvalue weighted by Gasteiger charge is -2.37. The molecule has 2 aliphatic carbocycles. The van der Waals surface area contributed by atoms with Crippen LogP contribution in [0.2, 0.25) is 0 Å². The van der Waals surface area contributed by atoms with E-state index in [1.165, 1.54) is 58.5 Å². The Morgan fingerprint density at radius 1 is 0.703 bits per heavy atom. The zero-order valence-electron chi connectivity index (χ0n) is 43.5. The highest BCUT2D eigenvalue weighted by atomic mass is 16.5. The van der Waals surface area contributed by atoms with Crippen molar-refractivity contribution in [1.82, 2.24) is 0 Å². The number of rotatable bonds is 15. The fourth-order valence-corrected chi connectivity index (χ4v) is 12.1. The first-order valence-electron chi connectivity index (χ1n) is 27.0. The lowest BCUT2D eigenvalue weighted by molar-refractivity contribution is -0.140. The number of hydrogen-bond acceptors (Lipinski definition) is 10. The number of fused-ring (bicyclic) bond motifs is 3. The molecule has 0 amide bonds. The monoisotopic (exact) mass is 995 g/mol. The van der Waals surface area contributed by atoms with Crippen LogP contribution in [0.1, 0.15) is 121 Å². The predicted octanol–water partition coefficient (Wildman–Crippen LogP) is 13.9. The number of morpholine rings is 1. The molecule has 1 saturated heterocycles. The van der Waals surface area contributed by atoms with E-state index in [2.05, 4.69) is 36.1 Å². The number of unbranched alkanes of at least 4 members (excludes halogenated alkanes) is 2. The molecule has 3 fully saturated rings. The van der Waals surface area contributed by atoms with Crippen molar-refractivity contribution in [2.75, 3.05) is 57.3 Å². The normalized spacial score (nSPS) is 21.5. The average Bonchev–Trinajstić information content (AvgIpc) is 3.46. The fourth-order valence-electron chi connectivity index (χ4n) is 12.1. The van der Waals surface area contributed by atoms with Gasteiger partial charge < -0.3 is 33.5 Å². The van der Waals surface area contributed by atoms with Gasteiger partial charge >= 0.3 is 17.9 Å². The minimum absolute atomic E-state index is 0.0809. The SMILES string of the molecule is CCCCCC1CCC(C2CCC(C(=O)Oc3ccc(-c4ccccc4C(=O)Oc4cc5cc(C(=O)OC)c6c(c5cc4N(C)C)OC(c4ccccc4)(c4ccc(N5CCOCC5)cc4)C=C6)cc3)CC2)CC1. The van der Waals surface area contributed by atoms with Crippen LogP contribution in [0.5, 0.6) is 17.2 Å². The van der Waals surface area contributed by atoms with Gasteiger partial charge in [0.2, 0.25) is 0 Å². The van der Waals surface area contributed by atoms with Crippen molar-refractivity contribution in [3.05, 3.63) is 155 Å². The Balaban J connectivity index is 0.874. The van der Waals surface area contributed by atoms with Gasteiger partial charge in [0.25, 0.3) is 0 Å². The van der Waals surface area contributed by atoms with Crippen LogP contribution in [0.3, 0.4) is 0 Å². The van der Waals surface area contributed by atoms with Crippen LogP contribution in [0.15, 0.2) is 127 Å². The van der Waals surface area contributed by atoms with Crippen LogP contribution >= 0.6 is 0 Å². The van der Waals surface area contributed by atoms with E-state index in [4.69, 9.17) is 23.7 Å². The highest BCUT2D eigenvalue weighted by molar-refractivity contribution is 6.06. The van der Waals surface area contributed by atoms with E-state index in [-0.39, 0.29) is 11.9 Å². The Kier molecular flexibility index (Phi) is 15.5. The molecule has 74 heavy (non-hydrogen) atoms. The van der Waals surface area contributed by atoms with Crippen molar-refractivity contribution in [2.45, 2.75) is 89.6 Å². The van der Waals surface area contributed by atoms with Crippen molar-refractivity contribution in [1.29, 1.82) is 0 Å². The summed E-state index contributed by atoms with van der Waals surface area (Å²) >= 11 is 0. The maximum atomic E-state index is 14.4. The zero-order valence-corrected chi connectivity index (χ0v) is 43.5. The van der Waals surface area contributed by atoms with Gasteiger partial charge in [0, 0.05) is 54.9 Å². The molecule has 384 valence electrons. The van der Waals surface area contributed by atoms with E-state index in [0.717, 1.165) is 84.3 Å². The summed E-state index contributed by atoms with van der Waals surface area (Å²) < 4.78 is 30.6. The van der Waals surface area contributed by atoms with E-state index in [9.17, 15) is 14.4 Å². The summed E-state index contributed by atoms with van der Waals surface area (Å²) in [6.45, 7) is 5.30. The Hall–Kier alpha value is -6.91. The Morgan fingerprint density at radius 2 is 1.38 bits per heavy atom. The summed E-state index contributed by atoms with van der Waals surface area (Å²) in [5, 5.41) is 1.35. The van der Waals surface area contributed by atoms with Crippen LogP contribution in [0, 0.1) is 23.7 Å². The molecule has 10 rings (SSSR count). The number of ether oxygens (including phenoxy) is 5. The maximum absolute atomic E-state index is 14.4. The van der Waals surface area contributed by atoms with Gasteiger partial charge in [0.1, 0.15) is 11.5 Å². The van der Waals surface area contributed by atoms with E-state index >= 15 is 0 Å². The molecule has 0 aromatic heterocycles. The zero-order chi connectivity index (χ0) is 51.2. The van der Waals surface area contributed by atoms with Gasteiger partial charge in [0.05, 0.1) is 43.1 Å². The summed E-state index contributed by atoms with van der Waals surface area (Å²) in [5.41, 5.74) is 5.24. The highest BCUT2D eigenvalue weighted by Crippen LogP contribution is 2.49. The lowest BCUT2D eigenvalue weighted by atomic mass is 9.68. The average molecular weight is 995 g/mol. The molecule has 1 unspecified atom stereocenters. The summed E-state index contributed by atoms with van der Waals surface area (Å²) in [7, 11) is 5.16. The van der Waals surface area contributed by atoms with Gasteiger partial charge in [-0.05, 0) is 133 Å². The highest BCUT2D eigenvalue weighted by Gasteiger charge is 2.40. The van der Waals surface area contributed by atoms with Gasteiger partial charge in [-0.15, -0.1) is 0 Å². The third kappa shape index (κ3) is 10.7. The second-order valence-corrected chi connectivity index (χ2v) is 21.0. The quantitative estimate of drug-likeness (QED) is 0.0561. The first-order chi connectivity index (χ1) is 36.1. The molecular formula is C64H70N2O8. The molecule has 0 spiro atoms. The fraction of sp³-hybridized carbons (Fsp3) is 0.391. The molecule has 2 aliphatic heterocycles. The predicted molar refractivity (Wildman–Crippen MR) is 293 cm³/mol. The van der Waals surface area contributed by atoms with Crippen molar-refractivity contribution in [3.8, 4) is 28.4 Å². The molecular weight excluding hydrogens is 925 g/mol. The number of hydrogen-bond donors (Lipinski definition) is 0. The molecule has 4 aliphatic rings. The van der Waals surface area contributed by atoms with Crippen LogP contribution in [0.4, 0.5) is 11.4 Å².